The minimum atomic E-state index is -2.22. The Hall–Kier alpha value is -8.29. The van der Waals surface area contributed by atoms with Gasteiger partial charge in [-0.3, -0.25) is 38.4 Å². The number of nitrogens with two attached hydrogens (primary N) is 1. The summed E-state index contributed by atoms with van der Waals surface area (Å²) in [4.78, 5) is 115. The quantitative estimate of drug-likeness (QED) is 0.0174. The maximum Gasteiger partial charge on any atom is 0.261 e. The van der Waals surface area contributed by atoms with Crippen LogP contribution in [0.1, 0.15) is 54.6 Å². The summed E-state index contributed by atoms with van der Waals surface area (Å²) in [5, 5.41) is 113. The minimum absolute atomic E-state index is 0.00250. The number of hydrogen-bond acceptors (Lipinski definition) is 25. The van der Waals surface area contributed by atoms with Crippen LogP contribution in [0.4, 0.5) is 0 Å². The number of carbonyl (C=O) groups excluding carboxylic acids is 8. The summed E-state index contributed by atoms with van der Waals surface area (Å²) in [7, 11) is 1.61. The van der Waals surface area contributed by atoms with Gasteiger partial charge in [-0.2, -0.15) is 0 Å². The van der Waals surface area contributed by atoms with Gasteiger partial charge in [-0.25, -0.2) is 5.26 Å². The molecule has 8 amide bonds. The van der Waals surface area contributed by atoms with Crippen LogP contribution in [0.5, 0.6) is 11.5 Å². The molecule has 0 radical (unpaired) electrons. The number of methoxy groups -OCH3 is 1. The molecule has 0 saturated carbocycles. The highest BCUT2D eigenvalue weighted by Crippen LogP contribution is 2.34. The van der Waals surface area contributed by atoms with Crippen LogP contribution in [-0.2, 0) is 65.4 Å². The number of β-amino-alcohol motifs (C(OH)–C–C–N with tert-alkyl or cyclic N) is 1. The molecule has 93 heavy (non-hydrogen) atoms. The average molecular weight is 1330 g/mol. The van der Waals surface area contributed by atoms with Crippen LogP contribution >= 0.6 is 23.7 Å². The van der Waals surface area contributed by atoms with E-state index in [0.717, 1.165) is 51.1 Å². The molecule has 15 N–H and O–H groups in total. The number of aromatic hydroxyl groups is 1. The van der Waals surface area contributed by atoms with E-state index in [4.69, 9.17) is 24.6 Å². The van der Waals surface area contributed by atoms with E-state index in [-0.39, 0.29) is 29.2 Å². The lowest BCUT2D eigenvalue weighted by atomic mass is 9.98. The van der Waals surface area contributed by atoms with Crippen molar-refractivity contribution in [3.05, 3.63) is 108 Å². The lowest BCUT2D eigenvalue weighted by Crippen LogP contribution is -2.64. The molecular formula is C60H72N10O21S2. The van der Waals surface area contributed by atoms with Crippen molar-refractivity contribution in [2.45, 2.75) is 119 Å². The van der Waals surface area contributed by atoms with Gasteiger partial charge < -0.3 is 91.5 Å². The summed E-state index contributed by atoms with van der Waals surface area (Å²) >= 11 is 1.34. The first kappa shape index (κ1) is 70.6. The third-order valence-corrected chi connectivity index (χ3v) is 17.1. The number of fused-ring (bicyclic) bond motifs is 2. The molecule has 31 nitrogen and oxygen atoms in total. The predicted molar refractivity (Wildman–Crippen MR) is 328 cm³/mol. The Labute approximate surface area is 539 Å². The maximum absolute atomic E-state index is 14.7. The lowest BCUT2D eigenvalue weighted by molar-refractivity contribution is -0.433. The van der Waals surface area contributed by atoms with Crippen LogP contribution in [0.15, 0.2) is 91.0 Å². The van der Waals surface area contributed by atoms with Crippen LogP contribution in [0.25, 0.3) is 32.3 Å². The van der Waals surface area contributed by atoms with Gasteiger partial charge in [0.05, 0.1) is 62.9 Å². The van der Waals surface area contributed by atoms with Gasteiger partial charge in [0.15, 0.2) is 11.5 Å². The van der Waals surface area contributed by atoms with Gasteiger partial charge in [0.25, 0.3) is 18.2 Å². The van der Waals surface area contributed by atoms with Gasteiger partial charge in [-0.15, -0.1) is 10.2 Å². The molecule has 1 aromatic heterocycles. The Bertz CT molecular complexity index is 3440. The van der Waals surface area contributed by atoms with E-state index in [1.807, 2.05) is 48.5 Å². The largest absolute Gasteiger partial charge is 0.504 e. The van der Waals surface area contributed by atoms with E-state index in [9.17, 15) is 74.1 Å². The number of rotatable bonds is 21. The molecule has 33 heteroatoms. The summed E-state index contributed by atoms with van der Waals surface area (Å²) in [6.45, 7) is 2.30. The third kappa shape index (κ3) is 18.1. The van der Waals surface area contributed by atoms with Crippen molar-refractivity contribution >= 4 is 70.9 Å². The van der Waals surface area contributed by atoms with Crippen LogP contribution in [0.3, 0.4) is 0 Å². The highest BCUT2D eigenvalue weighted by Gasteiger charge is 2.50. The molecule has 0 spiro atoms. The van der Waals surface area contributed by atoms with E-state index in [2.05, 4.69) is 46.2 Å². The molecule has 500 valence electrons. The van der Waals surface area contributed by atoms with E-state index in [0.29, 0.717) is 35.4 Å². The van der Waals surface area contributed by atoms with Gasteiger partial charge >= 0.3 is 0 Å². The fourth-order valence-electron chi connectivity index (χ4n) is 10.8. The lowest BCUT2D eigenvalue weighted by Gasteiger charge is -2.33. The van der Waals surface area contributed by atoms with Crippen LogP contribution in [0.2, 0.25) is 0 Å². The monoisotopic (exact) mass is 1330 g/mol. The summed E-state index contributed by atoms with van der Waals surface area (Å²) in [5.74, 6) is -11.1. The Morgan fingerprint density at radius 2 is 1.33 bits per heavy atom. The molecule has 5 aromatic rings. The second kappa shape index (κ2) is 32.5. The fraction of sp³-hybridized carbons (Fsp3) is 0.433. The number of aromatic nitrogens is 2. The molecule has 12 unspecified atom stereocenters. The number of amides is 8. The van der Waals surface area contributed by atoms with Crippen molar-refractivity contribution < 1.29 is 102 Å². The molecule has 0 bridgehead atoms. The fourth-order valence-corrected chi connectivity index (χ4v) is 11.9. The van der Waals surface area contributed by atoms with Crippen LogP contribution in [-0.4, -0.2) is 221 Å². The van der Waals surface area contributed by atoms with Crippen molar-refractivity contribution in [2.75, 3.05) is 40.0 Å². The second-order valence-corrected chi connectivity index (χ2v) is 24.0. The third-order valence-electron chi connectivity index (χ3n) is 15.7. The molecule has 4 heterocycles. The summed E-state index contributed by atoms with van der Waals surface area (Å²) < 4.78 is 20.0. The molecule has 3 fully saturated rings. The molecule has 4 aromatic carbocycles. The van der Waals surface area contributed by atoms with Crippen molar-refractivity contribution in [3.8, 4) is 43.8 Å². The van der Waals surface area contributed by atoms with Gasteiger partial charge in [0.2, 0.25) is 41.4 Å². The molecule has 8 rings (SSSR count). The number of carbonyl (C=O) groups is 8. The van der Waals surface area contributed by atoms with Crippen molar-refractivity contribution in [3.63, 3.8) is 0 Å². The molecule has 3 aliphatic heterocycles. The number of ether oxygens (including phenoxy) is 2. The first-order valence-electron chi connectivity index (χ1n) is 29.3. The molecule has 0 aliphatic carbocycles. The van der Waals surface area contributed by atoms with E-state index < -0.39 is 177 Å². The molecule has 3 saturated heterocycles. The highest BCUT2D eigenvalue weighted by molar-refractivity contribution is 7.90. The summed E-state index contributed by atoms with van der Waals surface area (Å²) in [6.07, 6.45) is -13.7. The van der Waals surface area contributed by atoms with E-state index in [1.165, 1.54) is 36.5 Å². The Morgan fingerprint density at radius 1 is 0.731 bits per heavy atom. The van der Waals surface area contributed by atoms with Crippen LogP contribution in [0, 0.1) is 5.92 Å². The van der Waals surface area contributed by atoms with E-state index >= 15 is 0 Å². The minimum Gasteiger partial charge on any atom is -0.504 e. The van der Waals surface area contributed by atoms with Gasteiger partial charge in [-0.05, 0) is 53.4 Å². The van der Waals surface area contributed by atoms with Gasteiger partial charge in [-0.1, -0.05) is 94.4 Å². The first-order chi connectivity index (χ1) is 44.4. The number of aliphatic hydroxyl groups is 6. The van der Waals surface area contributed by atoms with Crippen molar-refractivity contribution in [1.29, 1.82) is 0 Å². The molecular weight excluding hydrogens is 1260 g/mol. The topological polar surface area (TPSA) is 463 Å². The van der Waals surface area contributed by atoms with Gasteiger partial charge in [0, 0.05) is 68.6 Å². The standard InChI is InChI=1S/C60H72N10O21S2/c1-29-26-70-50(51(29)78)56(83)62-25-38(72)22-40(63-52(79)35-11-15-37(16-12-35)58-68-67-57(92-58)36-13-9-34(10-14-36)33-7-4-31(5-8-33)28-88-19-18-87-3)53(80)64-47(30(2)71)59(84)69-27-39(73)23-41(69)54(81)65-48(55(82)66-49(60(70)85)44(76)24-46(61)77)43(75)20-32-6-17-42(74)45(21-32)89-93-91-90-86/h4-17,21,29-30,38-41,43-44,47-51,71-76,78,86H,18-20,22-28H2,1-3H3,(H2,61,77)(H,62,83)(H,63,79)(H,64,80)(H,65,81)(H,66,82)/t29?,30?,38?,39?,40-,41?,43?,44?,47?,48?,49?,50?,51?/m0/s1. The highest BCUT2D eigenvalue weighted by atomic mass is 32.2. The second-order valence-electron chi connectivity index (χ2n) is 22.6. The molecule has 3 aliphatic rings. The van der Waals surface area contributed by atoms with Crippen LogP contribution < -0.4 is 36.5 Å². The SMILES string of the molecule is COCCOCc1ccc(-c2ccc(-c3nnc(-c4ccc(C(=O)N[C@H]5CC(O)CNC(=O)C6C(O)C(C)CN6C(=O)C(C(O)CC(N)=O)NC(=O)C(C(O)Cc6ccc(O)c(OSOOO)c6)NC(=O)C6CC(O)CN6C(=O)C(C(C)O)NC5=O)cc4)s3)cc2)cc1. The molecule has 13 atom stereocenters. The summed E-state index contributed by atoms with van der Waals surface area (Å²) in [5.41, 5.74) is 9.87. The maximum atomic E-state index is 14.7. The number of phenolic OH excluding ortho intramolecular Hbond substituents is 1. The Kier molecular flexibility index (Phi) is 24.7. The number of nitrogens with one attached hydrogen (secondary N) is 5. The summed E-state index contributed by atoms with van der Waals surface area (Å²) in [6, 6.07) is 13.6. The normalized spacial score (nSPS) is 24.5. The number of hydrogen-bond donors (Lipinski definition) is 14. The van der Waals surface area contributed by atoms with Gasteiger partial charge in [0.1, 0.15) is 46.3 Å². The average Bonchev–Trinajstić information content (AvgIpc) is 1.72. The number of nitrogens with zero attached hydrogens (tertiary/aromatic N) is 4. The number of primary amides is 1. The Morgan fingerprint density at radius 3 is 1.97 bits per heavy atom. The number of benzene rings is 4. The van der Waals surface area contributed by atoms with Crippen molar-refractivity contribution in [2.24, 2.45) is 11.7 Å². The number of aliphatic hydroxyl groups excluding tert-OH is 6. The Balaban J connectivity index is 1.06. The number of phenols is 1. The predicted octanol–water partition coefficient (Wildman–Crippen LogP) is -1.41. The van der Waals surface area contributed by atoms with Crippen molar-refractivity contribution in [1.82, 2.24) is 46.6 Å². The zero-order chi connectivity index (χ0) is 67.2. The zero-order valence-electron chi connectivity index (χ0n) is 50.3. The van der Waals surface area contributed by atoms with E-state index in [1.54, 1.807) is 19.2 Å². The zero-order valence-corrected chi connectivity index (χ0v) is 51.9. The first-order valence-corrected chi connectivity index (χ1v) is 30.7. The smallest absolute Gasteiger partial charge is 0.261 e.